The minimum Gasteiger partial charge on any atom is -0.0876 e. The van der Waals surface area contributed by atoms with Crippen LogP contribution in [-0.4, -0.2) is 0 Å². The van der Waals surface area contributed by atoms with Gasteiger partial charge in [-0.25, -0.2) is 0 Å². The van der Waals surface area contributed by atoms with Crippen molar-refractivity contribution >= 4 is 63.7 Å². The second-order valence-corrected chi connectivity index (χ2v) is 10.3. The number of hydrogen-bond acceptors (Lipinski definition) is 0. The highest BCUT2D eigenvalue weighted by molar-refractivity contribution is 9.09. The fourth-order valence-corrected chi connectivity index (χ4v) is 5.69. The molecule has 2 aromatic carbocycles. The third-order valence-electron chi connectivity index (χ3n) is 5.78. The summed E-state index contributed by atoms with van der Waals surface area (Å²) in [7, 11) is 0. The number of benzene rings is 2. The lowest BCUT2D eigenvalue weighted by molar-refractivity contribution is 0.567. The molecule has 0 heterocycles. The lowest BCUT2D eigenvalue weighted by atomic mass is 9.98. The van der Waals surface area contributed by atoms with Crippen molar-refractivity contribution in [1.29, 1.82) is 0 Å². The SMILES string of the molecule is BrCc1ccc(CCCCCCCCCCc2ccc(CBr)cc2CBr)c(CBr)c1. The van der Waals surface area contributed by atoms with Gasteiger partial charge in [0.15, 0.2) is 0 Å². The van der Waals surface area contributed by atoms with Crippen molar-refractivity contribution < 1.29 is 0 Å². The van der Waals surface area contributed by atoms with Crippen LogP contribution in [0.1, 0.15) is 84.7 Å². The van der Waals surface area contributed by atoms with Gasteiger partial charge in [0, 0.05) is 21.3 Å². The Labute approximate surface area is 217 Å². The molecule has 0 bridgehead atoms. The maximum Gasteiger partial charge on any atom is 0.0285 e. The van der Waals surface area contributed by atoms with Gasteiger partial charge in [0.05, 0.1) is 0 Å². The van der Waals surface area contributed by atoms with E-state index in [1.807, 2.05) is 0 Å². The molecule has 0 saturated carbocycles. The van der Waals surface area contributed by atoms with Crippen LogP contribution in [0.4, 0.5) is 0 Å². The first-order valence-electron chi connectivity index (χ1n) is 11.2. The van der Waals surface area contributed by atoms with E-state index in [1.165, 1.54) is 97.6 Å². The average Bonchev–Trinajstić information content (AvgIpc) is 2.80. The zero-order chi connectivity index (χ0) is 21.6. The highest BCUT2D eigenvalue weighted by Crippen LogP contribution is 2.21. The van der Waals surface area contributed by atoms with Crippen LogP contribution in [0.25, 0.3) is 0 Å². The summed E-state index contributed by atoms with van der Waals surface area (Å²) < 4.78 is 0. The summed E-state index contributed by atoms with van der Waals surface area (Å²) in [6.07, 6.45) is 13.3. The van der Waals surface area contributed by atoms with E-state index in [2.05, 4.69) is 100 Å². The first-order chi connectivity index (χ1) is 14.7. The number of rotatable bonds is 15. The average molecular weight is 666 g/mol. The topological polar surface area (TPSA) is 0 Å². The molecule has 0 unspecified atom stereocenters. The summed E-state index contributed by atoms with van der Waals surface area (Å²) >= 11 is 14.4. The minimum atomic E-state index is 0.939. The Morgan fingerprint density at radius 2 is 0.767 bits per heavy atom. The van der Waals surface area contributed by atoms with Crippen molar-refractivity contribution in [2.24, 2.45) is 0 Å². The van der Waals surface area contributed by atoms with Crippen LogP contribution in [-0.2, 0) is 34.2 Å². The molecule has 0 nitrogen and oxygen atoms in total. The molecule has 30 heavy (non-hydrogen) atoms. The predicted molar refractivity (Wildman–Crippen MR) is 148 cm³/mol. The van der Waals surface area contributed by atoms with Crippen LogP contribution in [0.3, 0.4) is 0 Å². The highest BCUT2D eigenvalue weighted by atomic mass is 79.9. The van der Waals surface area contributed by atoms with Crippen LogP contribution < -0.4 is 0 Å². The van der Waals surface area contributed by atoms with E-state index in [1.54, 1.807) is 0 Å². The van der Waals surface area contributed by atoms with Gasteiger partial charge in [0.2, 0.25) is 0 Å². The normalized spacial score (nSPS) is 11.2. The summed E-state index contributed by atoms with van der Waals surface area (Å²) in [5.41, 5.74) is 8.68. The van der Waals surface area contributed by atoms with E-state index in [9.17, 15) is 0 Å². The molecule has 0 atom stereocenters. The third-order valence-corrected chi connectivity index (χ3v) is 8.28. The molecule has 0 radical (unpaired) electrons. The predicted octanol–water partition coefficient (Wildman–Crippen LogP) is 10.2. The van der Waals surface area contributed by atoms with Crippen LogP contribution in [0.2, 0.25) is 0 Å². The van der Waals surface area contributed by atoms with Crippen LogP contribution in [0.15, 0.2) is 36.4 Å². The van der Waals surface area contributed by atoms with Gasteiger partial charge < -0.3 is 0 Å². The number of alkyl halides is 4. The van der Waals surface area contributed by atoms with Crippen molar-refractivity contribution in [2.45, 2.75) is 85.5 Å². The van der Waals surface area contributed by atoms with Gasteiger partial charge in [-0.1, -0.05) is 139 Å². The molecule has 2 aromatic rings. The van der Waals surface area contributed by atoms with Gasteiger partial charge in [-0.05, 0) is 59.1 Å². The Kier molecular flexibility index (Phi) is 14.2. The number of unbranched alkanes of at least 4 members (excludes halogenated alkanes) is 7. The third kappa shape index (κ3) is 9.46. The Morgan fingerprint density at radius 1 is 0.400 bits per heavy atom. The van der Waals surface area contributed by atoms with E-state index >= 15 is 0 Å². The molecule has 0 amide bonds. The molecule has 166 valence electrons. The maximum atomic E-state index is 3.65. The van der Waals surface area contributed by atoms with E-state index < -0.39 is 0 Å². The first kappa shape index (κ1) is 26.6. The molecule has 0 aliphatic heterocycles. The van der Waals surface area contributed by atoms with Gasteiger partial charge in [-0.2, -0.15) is 0 Å². The molecule has 2 rings (SSSR count). The summed E-state index contributed by atoms with van der Waals surface area (Å²) in [5.74, 6) is 0. The second-order valence-electron chi connectivity index (χ2n) is 8.07. The molecule has 0 aromatic heterocycles. The minimum absolute atomic E-state index is 0.939. The second kappa shape index (κ2) is 16.0. The fourth-order valence-electron chi connectivity index (χ4n) is 3.95. The highest BCUT2D eigenvalue weighted by Gasteiger charge is 2.04. The largest absolute Gasteiger partial charge is 0.0876 e. The number of aryl methyl sites for hydroxylation is 2. The summed E-state index contributed by atoms with van der Waals surface area (Å²) in [6.45, 7) is 0. The number of halogens is 4. The van der Waals surface area contributed by atoms with Gasteiger partial charge in [0.25, 0.3) is 0 Å². The van der Waals surface area contributed by atoms with Crippen LogP contribution >= 0.6 is 63.7 Å². The molecule has 0 aliphatic rings. The van der Waals surface area contributed by atoms with Crippen LogP contribution in [0, 0.1) is 0 Å². The maximum absolute atomic E-state index is 3.65. The zero-order valence-corrected chi connectivity index (χ0v) is 24.2. The standard InChI is InChI=1S/C26H34Br4/c27-17-21-11-13-23(25(15-21)19-29)9-7-5-3-1-2-4-6-8-10-24-14-12-22(18-28)16-26(24)20-30/h11-16H,1-10,17-20H2. The van der Waals surface area contributed by atoms with E-state index in [-0.39, 0.29) is 0 Å². The Hall–Kier alpha value is 0.360. The van der Waals surface area contributed by atoms with Gasteiger partial charge >= 0.3 is 0 Å². The Balaban J connectivity index is 1.54. The van der Waals surface area contributed by atoms with Crippen molar-refractivity contribution in [2.75, 3.05) is 0 Å². The van der Waals surface area contributed by atoms with E-state index in [0.717, 1.165) is 21.3 Å². The molecule has 0 N–H and O–H groups in total. The molecule has 0 fully saturated rings. The zero-order valence-electron chi connectivity index (χ0n) is 17.9. The molecule has 0 aliphatic carbocycles. The molecule has 0 saturated heterocycles. The quantitative estimate of drug-likeness (QED) is 0.131. The van der Waals surface area contributed by atoms with Crippen molar-refractivity contribution in [3.05, 3.63) is 69.8 Å². The van der Waals surface area contributed by atoms with E-state index in [0.29, 0.717) is 0 Å². The van der Waals surface area contributed by atoms with Crippen molar-refractivity contribution in [3.63, 3.8) is 0 Å². The monoisotopic (exact) mass is 662 g/mol. The molecule has 4 heteroatoms. The summed E-state index contributed by atoms with van der Waals surface area (Å²) in [5, 5.41) is 3.80. The van der Waals surface area contributed by atoms with Crippen LogP contribution in [0.5, 0.6) is 0 Å². The van der Waals surface area contributed by atoms with E-state index in [4.69, 9.17) is 0 Å². The fraction of sp³-hybridized carbons (Fsp3) is 0.538. The summed E-state index contributed by atoms with van der Waals surface area (Å²) in [4.78, 5) is 0. The lowest BCUT2D eigenvalue weighted by Crippen LogP contribution is -1.95. The molecule has 0 spiro atoms. The van der Waals surface area contributed by atoms with Gasteiger partial charge in [-0.15, -0.1) is 0 Å². The lowest BCUT2D eigenvalue weighted by Gasteiger charge is -2.10. The van der Waals surface area contributed by atoms with Crippen molar-refractivity contribution in [3.8, 4) is 0 Å². The number of hydrogen-bond donors (Lipinski definition) is 0. The molecular weight excluding hydrogens is 632 g/mol. The van der Waals surface area contributed by atoms with Gasteiger partial charge in [0.1, 0.15) is 0 Å². The smallest absolute Gasteiger partial charge is 0.0285 e. The Bertz CT molecular complexity index is 678. The Morgan fingerprint density at radius 3 is 1.10 bits per heavy atom. The summed E-state index contributed by atoms with van der Waals surface area (Å²) in [6, 6.07) is 13.8. The van der Waals surface area contributed by atoms with Gasteiger partial charge in [-0.3, -0.25) is 0 Å². The van der Waals surface area contributed by atoms with Crippen molar-refractivity contribution in [1.82, 2.24) is 0 Å². The first-order valence-corrected chi connectivity index (χ1v) is 15.7. The molecular formula is C26H34Br4.